The average Bonchev–Trinajstić information content (AvgIpc) is 2.89. The number of hydrogen-bond donors (Lipinski definition) is 1. The Morgan fingerprint density at radius 1 is 1.10 bits per heavy atom. The number of aryl methyl sites for hydroxylation is 2. The molecule has 5 nitrogen and oxygen atoms in total. The third kappa shape index (κ3) is 3.46. The highest BCUT2D eigenvalue weighted by molar-refractivity contribution is 5.46. The molecule has 0 saturated carbocycles. The summed E-state index contributed by atoms with van der Waals surface area (Å²) in [7, 11) is 0. The van der Waals surface area contributed by atoms with Gasteiger partial charge in [-0.25, -0.2) is 4.98 Å². The summed E-state index contributed by atoms with van der Waals surface area (Å²) in [6.07, 6.45) is 11.3. The zero-order valence-electron chi connectivity index (χ0n) is 12.6. The van der Waals surface area contributed by atoms with Crippen LogP contribution in [-0.2, 0) is 12.8 Å². The van der Waals surface area contributed by atoms with Gasteiger partial charge >= 0.3 is 0 Å². The number of aromatic nitrogens is 4. The summed E-state index contributed by atoms with van der Waals surface area (Å²) in [4.78, 5) is 8.67. The van der Waals surface area contributed by atoms with E-state index in [9.17, 15) is 0 Å². The van der Waals surface area contributed by atoms with Gasteiger partial charge < -0.3 is 5.73 Å². The van der Waals surface area contributed by atoms with Crippen molar-refractivity contribution in [3.8, 4) is 0 Å². The van der Waals surface area contributed by atoms with Crippen molar-refractivity contribution in [1.29, 1.82) is 0 Å². The molecule has 0 spiro atoms. The molecule has 0 aliphatic rings. The summed E-state index contributed by atoms with van der Waals surface area (Å²) in [5, 5.41) is 4.38. The van der Waals surface area contributed by atoms with Gasteiger partial charge in [0.2, 0.25) is 0 Å². The van der Waals surface area contributed by atoms with E-state index in [2.05, 4.69) is 22.0 Å². The van der Waals surface area contributed by atoms with Crippen LogP contribution in [0.4, 0.5) is 5.82 Å². The minimum absolute atomic E-state index is 0.603. The molecule has 2 rings (SSSR count). The topological polar surface area (TPSA) is 69.1 Å². The molecule has 110 valence electrons. The van der Waals surface area contributed by atoms with Crippen molar-refractivity contribution in [3.05, 3.63) is 17.6 Å². The highest BCUT2D eigenvalue weighted by Gasteiger charge is 2.09. The number of anilines is 1. The summed E-state index contributed by atoms with van der Waals surface area (Å²) in [5.74, 6) is 2.09. The van der Waals surface area contributed by atoms with Crippen molar-refractivity contribution >= 4 is 11.6 Å². The lowest BCUT2D eigenvalue weighted by Crippen LogP contribution is -2.05. The number of rotatable bonds is 8. The fraction of sp³-hybridized carbons (Fsp3) is 0.667. The van der Waals surface area contributed by atoms with E-state index in [1.54, 1.807) is 4.52 Å². The lowest BCUT2D eigenvalue weighted by Gasteiger charge is -2.06. The largest absolute Gasteiger partial charge is 0.383 e. The maximum absolute atomic E-state index is 6.17. The molecule has 0 radical (unpaired) electrons. The van der Waals surface area contributed by atoms with Crippen LogP contribution in [0.2, 0.25) is 0 Å². The molecule has 2 aromatic rings. The summed E-state index contributed by atoms with van der Waals surface area (Å²) in [6.45, 7) is 4.27. The third-order valence-corrected chi connectivity index (χ3v) is 3.64. The van der Waals surface area contributed by atoms with E-state index in [0.29, 0.717) is 11.6 Å². The first kappa shape index (κ1) is 14.8. The highest BCUT2D eigenvalue weighted by Crippen LogP contribution is 2.16. The van der Waals surface area contributed by atoms with Gasteiger partial charge in [0.05, 0.1) is 0 Å². The van der Waals surface area contributed by atoms with Crippen molar-refractivity contribution in [2.75, 3.05) is 5.73 Å². The molecule has 20 heavy (non-hydrogen) atoms. The van der Waals surface area contributed by atoms with Gasteiger partial charge in [-0.3, -0.25) is 0 Å². The lowest BCUT2D eigenvalue weighted by molar-refractivity contribution is 0.607. The summed E-state index contributed by atoms with van der Waals surface area (Å²) in [6, 6.07) is 0. The van der Waals surface area contributed by atoms with Crippen molar-refractivity contribution in [2.24, 2.45) is 0 Å². The fourth-order valence-corrected chi connectivity index (χ4v) is 2.37. The SMILES string of the molecule is CCCCCCCCc1cnc2nc(CC)nn2c1N. The molecule has 2 aromatic heterocycles. The minimum Gasteiger partial charge on any atom is -0.383 e. The van der Waals surface area contributed by atoms with Crippen LogP contribution in [0.25, 0.3) is 5.78 Å². The van der Waals surface area contributed by atoms with Gasteiger partial charge in [-0.15, -0.1) is 5.10 Å². The van der Waals surface area contributed by atoms with Gasteiger partial charge in [0.25, 0.3) is 5.78 Å². The molecule has 0 unspecified atom stereocenters. The number of nitrogens with two attached hydrogens (primary N) is 1. The van der Waals surface area contributed by atoms with Crippen LogP contribution in [0.3, 0.4) is 0 Å². The first-order valence-corrected chi connectivity index (χ1v) is 7.75. The second-order valence-electron chi connectivity index (χ2n) is 5.28. The number of nitrogen functional groups attached to an aromatic ring is 1. The molecule has 0 aliphatic carbocycles. The number of hydrogen-bond acceptors (Lipinski definition) is 4. The quantitative estimate of drug-likeness (QED) is 0.751. The standard InChI is InChI=1S/C15H25N5/c1-3-5-6-7-8-9-10-12-11-17-15-18-13(4-2)19-20(15)14(12)16/h11H,3-10,16H2,1-2H3. The molecule has 5 heteroatoms. The molecular formula is C15H25N5. The highest BCUT2D eigenvalue weighted by atomic mass is 15.3. The van der Waals surface area contributed by atoms with E-state index in [0.717, 1.165) is 30.7 Å². The van der Waals surface area contributed by atoms with Gasteiger partial charge in [0.15, 0.2) is 5.82 Å². The van der Waals surface area contributed by atoms with Crippen molar-refractivity contribution in [1.82, 2.24) is 19.6 Å². The van der Waals surface area contributed by atoms with Crippen molar-refractivity contribution in [2.45, 2.75) is 65.2 Å². The van der Waals surface area contributed by atoms with Gasteiger partial charge in [-0.05, 0) is 12.8 Å². The minimum atomic E-state index is 0.603. The van der Waals surface area contributed by atoms with Gasteiger partial charge in [-0.1, -0.05) is 46.0 Å². The number of nitrogens with zero attached hydrogens (tertiary/aromatic N) is 4. The number of fused-ring (bicyclic) bond motifs is 1. The summed E-state index contributed by atoms with van der Waals surface area (Å²) < 4.78 is 1.67. The molecule has 0 bridgehead atoms. The molecular weight excluding hydrogens is 250 g/mol. The monoisotopic (exact) mass is 275 g/mol. The zero-order valence-corrected chi connectivity index (χ0v) is 12.6. The Bertz CT molecular complexity index is 546. The second-order valence-corrected chi connectivity index (χ2v) is 5.28. The maximum atomic E-state index is 6.17. The van der Waals surface area contributed by atoms with Gasteiger partial charge in [-0.2, -0.15) is 9.50 Å². The first-order chi connectivity index (χ1) is 9.76. The molecule has 2 N–H and O–H groups in total. The predicted molar refractivity (Wildman–Crippen MR) is 81.7 cm³/mol. The Morgan fingerprint density at radius 2 is 1.85 bits per heavy atom. The van der Waals surface area contributed by atoms with Crippen LogP contribution in [-0.4, -0.2) is 19.6 Å². The van der Waals surface area contributed by atoms with Crippen LogP contribution < -0.4 is 5.73 Å². The predicted octanol–water partition coefficient (Wildman–Crippen LogP) is 3.17. The van der Waals surface area contributed by atoms with Crippen molar-refractivity contribution in [3.63, 3.8) is 0 Å². The van der Waals surface area contributed by atoms with E-state index >= 15 is 0 Å². The van der Waals surface area contributed by atoms with Crippen LogP contribution in [0.5, 0.6) is 0 Å². The maximum Gasteiger partial charge on any atom is 0.254 e. The van der Waals surface area contributed by atoms with Crippen LogP contribution in [0.15, 0.2) is 6.20 Å². The van der Waals surface area contributed by atoms with Gasteiger partial charge in [0.1, 0.15) is 5.82 Å². The Hall–Kier alpha value is -1.65. The lowest BCUT2D eigenvalue weighted by atomic mass is 10.1. The smallest absolute Gasteiger partial charge is 0.254 e. The van der Waals surface area contributed by atoms with Crippen LogP contribution >= 0.6 is 0 Å². The molecule has 0 amide bonds. The molecule has 0 aliphatic heterocycles. The molecule has 0 atom stereocenters. The number of unbranched alkanes of at least 4 members (excludes halogenated alkanes) is 5. The van der Waals surface area contributed by atoms with E-state index < -0.39 is 0 Å². The second kappa shape index (κ2) is 7.22. The summed E-state index contributed by atoms with van der Waals surface area (Å²) >= 11 is 0. The van der Waals surface area contributed by atoms with Gasteiger partial charge in [0, 0.05) is 18.2 Å². The van der Waals surface area contributed by atoms with E-state index in [-0.39, 0.29) is 0 Å². The van der Waals surface area contributed by atoms with E-state index in [4.69, 9.17) is 5.73 Å². The average molecular weight is 275 g/mol. The Labute approximate surface area is 120 Å². The molecule has 0 fully saturated rings. The van der Waals surface area contributed by atoms with Crippen molar-refractivity contribution < 1.29 is 0 Å². The fourth-order valence-electron chi connectivity index (χ4n) is 2.37. The van der Waals surface area contributed by atoms with E-state index in [1.165, 1.54) is 32.1 Å². The Morgan fingerprint density at radius 3 is 2.60 bits per heavy atom. The Balaban J connectivity index is 1.95. The summed E-state index contributed by atoms with van der Waals surface area (Å²) in [5.41, 5.74) is 7.25. The first-order valence-electron chi connectivity index (χ1n) is 7.75. The van der Waals surface area contributed by atoms with E-state index in [1.807, 2.05) is 13.1 Å². The Kier molecular flexibility index (Phi) is 5.32. The molecule has 2 heterocycles. The molecule has 0 saturated heterocycles. The van der Waals surface area contributed by atoms with Crippen LogP contribution in [0.1, 0.15) is 63.8 Å². The molecule has 0 aromatic carbocycles. The normalized spacial score (nSPS) is 11.3. The third-order valence-electron chi connectivity index (χ3n) is 3.64. The van der Waals surface area contributed by atoms with Crippen LogP contribution in [0, 0.1) is 0 Å². The zero-order chi connectivity index (χ0) is 14.4.